The molecule has 0 aliphatic carbocycles. The van der Waals surface area contributed by atoms with Crippen molar-refractivity contribution in [1.82, 2.24) is 0 Å². The Balaban J connectivity index is 2.49. The minimum Gasteiger partial charge on any atom is -0.381 e. The topological polar surface area (TPSA) is 29.5 Å². The SMILES string of the molecule is CCc1cccc(C(O)(COC)c2ccccc2)c1. The van der Waals surface area contributed by atoms with Gasteiger partial charge in [0.25, 0.3) is 0 Å². The molecule has 2 aromatic carbocycles. The number of rotatable bonds is 5. The Morgan fingerprint density at radius 1 is 1.00 bits per heavy atom. The molecule has 0 aromatic heterocycles. The van der Waals surface area contributed by atoms with Crippen LogP contribution in [0.3, 0.4) is 0 Å². The maximum atomic E-state index is 11.0. The Hall–Kier alpha value is -1.64. The molecular weight excluding hydrogens is 236 g/mol. The number of ether oxygens (including phenoxy) is 1. The zero-order valence-electron chi connectivity index (χ0n) is 11.5. The molecule has 0 heterocycles. The van der Waals surface area contributed by atoms with Gasteiger partial charge in [-0.25, -0.2) is 0 Å². The average molecular weight is 256 g/mol. The molecule has 0 saturated carbocycles. The van der Waals surface area contributed by atoms with Gasteiger partial charge in [-0.3, -0.25) is 0 Å². The van der Waals surface area contributed by atoms with E-state index >= 15 is 0 Å². The molecule has 1 unspecified atom stereocenters. The predicted octanol–water partition coefficient (Wildman–Crippen LogP) is 3.13. The van der Waals surface area contributed by atoms with E-state index < -0.39 is 5.60 Å². The first-order valence-electron chi connectivity index (χ1n) is 6.57. The van der Waals surface area contributed by atoms with Crippen molar-refractivity contribution in [3.8, 4) is 0 Å². The smallest absolute Gasteiger partial charge is 0.138 e. The van der Waals surface area contributed by atoms with E-state index in [4.69, 9.17) is 4.74 Å². The molecule has 0 amide bonds. The van der Waals surface area contributed by atoms with Crippen LogP contribution in [0.2, 0.25) is 0 Å². The normalized spacial score (nSPS) is 14.1. The van der Waals surface area contributed by atoms with Gasteiger partial charge in [0.15, 0.2) is 0 Å². The molecular formula is C17H20O2. The molecule has 0 fully saturated rings. The Morgan fingerprint density at radius 3 is 2.32 bits per heavy atom. The van der Waals surface area contributed by atoms with Crippen LogP contribution in [0.4, 0.5) is 0 Å². The van der Waals surface area contributed by atoms with E-state index in [1.807, 2.05) is 48.5 Å². The fraction of sp³-hybridized carbons (Fsp3) is 0.294. The first kappa shape index (κ1) is 13.8. The predicted molar refractivity (Wildman–Crippen MR) is 77.1 cm³/mol. The Kier molecular flexibility index (Phi) is 4.35. The molecule has 2 aromatic rings. The second-order valence-electron chi connectivity index (χ2n) is 4.71. The van der Waals surface area contributed by atoms with Crippen LogP contribution in [-0.2, 0) is 16.8 Å². The molecule has 0 saturated heterocycles. The minimum atomic E-state index is -1.10. The molecule has 1 N–H and O–H groups in total. The molecule has 1 atom stereocenters. The largest absolute Gasteiger partial charge is 0.381 e. The average Bonchev–Trinajstić information content (AvgIpc) is 2.48. The summed E-state index contributed by atoms with van der Waals surface area (Å²) in [6, 6.07) is 17.7. The van der Waals surface area contributed by atoms with E-state index in [0.717, 1.165) is 17.5 Å². The second kappa shape index (κ2) is 6.00. The third kappa shape index (κ3) is 2.86. The Bertz CT molecular complexity index is 522. The number of hydrogen-bond acceptors (Lipinski definition) is 2. The lowest BCUT2D eigenvalue weighted by Gasteiger charge is -2.29. The van der Waals surface area contributed by atoms with Gasteiger partial charge in [0.2, 0.25) is 0 Å². The molecule has 0 radical (unpaired) electrons. The van der Waals surface area contributed by atoms with Crippen molar-refractivity contribution >= 4 is 0 Å². The summed E-state index contributed by atoms with van der Waals surface area (Å²) in [7, 11) is 1.61. The lowest BCUT2D eigenvalue weighted by atomic mass is 9.86. The number of methoxy groups -OCH3 is 1. The second-order valence-corrected chi connectivity index (χ2v) is 4.71. The zero-order chi connectivity index (χ0) is 13.7. The summed E-state index contributed by atoms with van der Waals surface area (Å²) in [6.07, 6.45) is 0.950. The van der Waals surface area contributed by atoms with Gasteiger partial charge in [-0.15, -0.1) is 0 Å². The van der Waals surface area contributed by atoms with Crippen LogP contribution in [-0.4, -0.2) is 18.8 Å². The summed E-state index contributed by atoms with van der Waals surface area (Å²) in [4.78, 5) is 0. The molecule has 100 valence electrons. The van der Waals surface area contributed by atoms with Crippen molar-refractivity contribution in [2.45, 2.75) is 18.9 Å². The number of hydrogen-bond donors (Lipinski definition) is 1. The highest BCUT2D eigenvalue weighted by Gasteiger charge is 2.31. The van der Waals surface area contributed by atoms with Gasteiger partial charge >= 0.3 is 0 Å². The van der Waals surface area contributed by atoms with Crippen molar-refractivity contribution in [2.75, 3.05) is 13.7 Å². The van der Waals surface area contributed by atoms with E-state index in [2.05, 4.69) is 13.0 Å². The molecule has 0 aliphatic rings. The van der Waals surface area contributed by atoms with Crippen molar-refractivity contribution in [3.63, 3.8) is 0 Å². The van der Waals surface area contributed by atoms with Gasteiger partial charge in [-0.1, -0.05) is 61.5 Å². The van der Waals surface area contributed by atoms with Gasteiger partial charge in [-0.05, 0) is 23.1 Å². The first-order chi connectivity index (χ1) is 9.20. The summed E-state index contributed by atoms with van der Waals surface area (Å²) in [5.74, 6) is 0. The van der Waals surface area contributed by atoms with Crippen molar-refractivity contribution in [3.05, 3.63) is 71.3 Å². The maximum Gasteiger partial charge on any atom is 0.138 e. The van der Waals surface area contributed by atoms with Crippen molar-refractivity contribution in [1.29, 1.82) is 0 Å². The summed E-state index contributed by atoms with van der Waals surface area (Å²) >= 11 is 0. The summed E-state index contributed by atoms with van der Waals surface area (Å²) in [5.41, 5.74) is 1.84. The highest BCUT2D eigenvalue weighted by molar-refractivity contribution is 5.38. The van der Waals surface area contributed by atoms with E-state index in [0.29, 0.717) is 0 Å². The number of benzene rings is 2. The fourth-order valence-electron chi connectivity index (χ4n) is 2.30. The van der Waals surface area contributed by atoms with E-state index in [1.54, 1.807) is 7.11 Å². The van der Waals surface area contributed by atoms with Gasteiger partial charge in [0.05, 0.1) is 6.61 Å². The standard InChI is InChI=1S/C17H20O2/c1-3-14-8-7-11-16(12-14)17(18,13-19-2)15-9-5-4-6-10-15/h4-12,18H,3,13H2,1-2H3. The third-order valence-electron chi connectivity index (χ3n) is 3.42. The maximum absolute atomic E-state index is 11.0. The summed E-state index contributed by atoms with van der Waals surface area (Å²) in [6.45, 7) is 2.35. The fourth-order valence-corrected chi connectivity index (χ4v) is 2.30. The molecule has 0 aliphatic heterocycles. The quantitative estimate of drug-likeness (QED) is 0.890. The van der Waals surface area contributed by atoms with E-state index in [1.165, 1.54) is 5.56 Å². The molecule has 19 heavy (non-hydrogen) atoms. The molecule has 0 spiro atoms. The lowest BCUT2D eigenvalue weighted by Crippen LogP contribution is -2.32. The molecule has 2 rings (SSSR count). The lowest BCUT2D eigenvalue weighted by molar-refractivity contribution is -0.00332. The van der Waals surface area contributed by atoms with E-state index in [-0.39, 0.29) is 6.61 Å². The van der Waals surface area contributed by atoms with Crippen LogP contribution < -0.4 is 0 Å². The van der Waals surface area contributed by atoms with Crippen molar-refractivity contribution in [2.24, 2.45) is 0 Å². The van der Waals surface area contributed by atoms with Crippen molar-refractivity contribution < 1.29 is 9.84 Å². The van der Waals surface area contributed by atoms with Crippen LogP contribution in [0.5, 0.6) is 0 Å². The first-order valence-corrected chi connectivity index (χ1v) is 6.57. The molecule has 2 heteroatoms. The highest BCUT2D eigenvalue weighted by atomic mass is 16.5. The minimum absolute atomic E-state index is 0.240. The van der Waals surface area contributed by atoms with Gasteiger partial charge < -0.3 is 9.84 Å². The van der Waals surface area contributed by atoms with Crippen LogP contribution >= 0.6 is 0 Å². The monoisotopic (exact) mass is 256 g/mol. The molecule has 2 nitrogen and oxygen atoms in total. The van der Waals surface area contributed by atoms with E-state index in [9.17, 15) is 5.11 Å². The molecule has 0 bridgehead atoms. The van der Waals surface area contributed by atoms with Gasteiger partial charge in [-0.2, -0.15) is 0 Å². The van der Waals surface area contributed by atoms with Crippen LogP contribution in [0.1, 0.15) is 23.6 Å². The van der Waals surface area contributed by atoms with Crippen LogP contribution in [0, 0.1) is 0 Å². The third-order valence-corrected chi connectivity index (χ3v) is 3.42. The Labute approximate surface area is 114 Å². The van der Waals surface area contributed by atoms with Crippen LogP contribution in [0.15, 0.2) is 54.6 Å². The van der Waals surface area contributed by atoms with Gasteiger partial charge in [0, 0.05) is 7.11 Å². The summed E-state index contributed by atoms with van der Waals surface area (Å²) < 4.78 is 5.24. The zero-order valence-corrected chi connectivity index (χ0v) is 11.5. The number of aliphatic hydroxyl groups is 1. The number of aryl methyl sites for hydroxylation is 1. The Morgan fingerprint density at radius 2 is 1.68 bits per heavy atom. The summed E-state index contributed by atoms with van der Waals surface area (Å²) in [5, 5.41) is 11.0. The van der Waals surface area contributed by atoms with Gasteiger partial charge in [0.1, 0.15) is 5.60 Å². The highest BCUT2D eigenvalue weighted by Crippen LogP contribution is 2.30. The van der Waals surface area contributed by atoms with Crippen LogP contribution in [0.25, 0.3) is 0 Å².